The lowest BCUT2D eigenvalue weighted by molar-refractivity contribution is 0.683. The number of hydrogen-bond donors (Lipinski definition) is 2. The summed E-state index contributed by atoms with van der Waals surface area (Å²) in [5.41, 5.74) is 1.50. The van der Waals surface area contributed by atoms with Crippen molar-refractivity contribution in [3.8, 4) is 0 Å². The van der Waals surface area contributed by atoms with Crippen LogP contribution in [0.4, 0.5) is 5.95 Å². The summed E-state index contributed by atoms with van der Waals surface area (Å²) in [4.78, 5) is 8.15. The van der Waals surface area contributed by atoms with Crippen molar-refractivity contribution in [2.24, 2.45) is 0 Å². The molecule has 1 aromatic rings. The Hall–Kier alpha value is -1.13. The van der Waals surface area contributed by atoms with Crippen molar-refractivity contribution in [3.05, 3.63) is 29.1 Å². The summed E-state index contributed by atoms with van der Waals surface area (Å²) in [6, 6.07) is 0. The highest BCUT2D eigenvalue weighted by atomic mass is 35.5. The molecular weight excluding hydrogens is 224 g/mol. The van der Waals surface area contributed by atoms with E-state index in [1.54, 1.807) is 12.4 Å². The first-order chi connectivity index (χ1) is 7.84. The zero-order valence-electron chi connectivity index (χ0n) is 9.04. The van der Waals surface area contributed by atoms with Crippen LogP contribution in [0, 0.1) is 0 Å². The largest absolute Gasteiger partial charge is 0.354 e. The highest BCUT2D eigenvalue weighted by Gasteiger charge is 2.02. The van der Waals surface area contributed by atoms with E-state index in [4.69, 9.17) is 11.6 Å². The first-order valence-electron chi connectivity index (χ1n) is 5.44. The van der Waals surface area contributed by atoms with E-state index < -0.39 is 0 Å². The van der Waals surface area contributed by atoms with Crippen molar-refractivity contribution in [1.82, 2.24) is 15.3 Å². The van der Waals surface area contributed by atoms with E-state index in [0.717, 1.165) is 32.5 Å². The predicted molar refractivity (Wildman–Crippen MR) is 65.7 cm³/mol. The molecule has 0 radical (unpaired) electrons. The molecule has 0 aromatic carbocycles. The second-order valence-corrected chi connectivity index (χ2v) is 4.15. The number of nitrogens with zero attached hydrogens (tertiary/aromatic N) is 2. The molecule has 2 heterocycles. The van der Waals surface area contributed by atoms with Crippen LogP contribution >= 0.6 is 11.6 Å². The molecule has 4 nitrogen and oxygen atoms in total. The van der Waals surface area contributed by atoms with Crippen LogP contribution < -0.4 is 10.6 Å². The highest BCUT2D eigenvalue weighted by molar-refractivity contribution is 6.30. The molecule has 1 aliphatic rings. The minimum Gasteiger partial charge on any atom is -0.354 e. The van der Waals surface area contributed by atoms with Crippen LogP contribution in [0.15, 0.2) is 24.0 Å². The van der Waals surface area contributed by atoms with Crippen molar-refractivity contribution < 1.29 is 0 Å². The molecule has 0 saturated carbocycles. The molecule has 0 saturated heterocycles. The van der Waals surface area contributed by atoms with Gasteiger partial charge in [0, 0.05) is 13.1 Å². The van der Waals surface area contributed by atoms with E-state index in [2.05, 4.69) is 26.7 Å². The van der Waals surface area contributed by atoms with Crippen LogP contribution in [0.2, 0.25) is 5.02 Å². The second kappa shape index (κ2) is 5.82. The molecule has 86 valence electrons. The molecule has 16 heavy (non-hydrogen) atoms. The van der Waals surface area contributed by atoms with Crippen LogP contribution in [0.1, 0.15) is 12.8 Å². The quantitative estimate of drug-likeness (QED) is 0.787. The van der Waals surface area contributed by atoms with Crippen LogP contribution in [-0.4, -0.2) is 29.6 Å². The number of rotatable bonds is 4. The van der Waals surface area contributed by atoms with Gasteiger partial charge in [-0.25, -0.2) is 9.97 Å². The molecule has 2 N–H and O–H groups in total. The Bertz CT molecular complexity index is 361. The Kier molecular flexibility index (Phi) is 4.13. The Morgan fingerprint density at radius 2 is 2.19 bits per heavy atom. The van der Waals surface area contributed by atoms with E-state index in [1.165, 1.54) is 5.57 Å². The average Bonchev–Trinajstić information content (AvgIpc) is 2.33. The Morgan fingerprint density at radius 3 is 2.88 bits per heavy atom. The third kappa shape index (κ3) is 3.47. The fourth-order valence-electron chi connectivity index (χ4n) is 1.64. The van der Waals surface area contributed by atoms with Gasteiger partial charge in [-0.05, 0) is 19.4 Å². The molecule has 0 amide bonds. The summed E-state index contributed by atoms with van der Waals surface area (Å²) >= 11 is 5.70. The first-order valence-corrected chi connectivity index (χ1v) is 5.82. The van der Waals surface area contributed by atoms with Gasteiger partial charge < -0.3 is 10.6 Å². The molecule has 1 aromatic heterocycles. The van der Waals surface area contributed by atoms with E-state index >= 15 is 0 Å². The molecule has 5 heteroatoms. The average molecular weight is 239 g/mol. The van der Waals surface area contributed by atoms with Gasteiger partial charge in [0.2, 0.25) is 5.95 Å². The second-order valence-electron chi connectivity index (χ2n) is 3.72. The van der Waals surface area contributed by atoms with Gasteiger partial charge in [0.1, 0.15) is 0 Å². The molecule has 2 rings (SSSR count). The summed E-state index contributed by atoms with van der Waals surface area (Å²) in [6.07, 6.45) is 7.64. The van der Waals surface area contributed by atoms with E-state index in [0.29, 0.717) is 11.0 Å². The predicted octanol–water partition coefficient (Wildman–Crippen LogP) is 1.85. The van der Waals surface area contributed by atoms with Crippen LogP contribution in [-0.2, 0) is 0 Å². The van der Waals surface area contributed by atoms with E-state index in [1.807, 2.05) is 0 Å². The molecule has 0 unspecified atom stereocenters. The van der Waals surface area contributed by atoms with Gasteiger partial charge in [-0.1, -0.05) is 23.3 Å². The monoisotopic (exact) mass is 238 g/mol. The zero-order chi connectivity index (χ0) is 11.2. The van der Waals surface area contributed by atoms with Crippen molar-refractivity contribution in [2.45, 2.75) is 12.8 Å². The molecule has 1 aliphatic heterocycles. The summed E-state index contributed by atoms with van der Waals surface area (Å²) in [7, 11) is 0. The first kappa shape index (κ1) is 11.4. The smallest absolute Gasteiger partial charge is 0.222 e. The van der Waals surface area contributed by atoms with Gasteiger partial charge in [0.15, 0.2) is 0 Å². The summed E-state index contributed by atoms with van der Waals surface area (Å²) in [6.45, 7) is 2.95. The summed E-state index contributed by atoms with van der Waals surface area (Å²) < 4.78 is 0. The lowest BCUT2D eigenvalue weighted by Gasteiger charge is -2.14. The van der Waals surface area contributed by atoms with Crippen molar-refractivity contribution in [2.75, 3.05) is 25.0 Å². The lowest BCUT2D eigenvalue weighted by atomic mass is 10.1. The maximum absolute atomic E-state index is 5.70. The maximum Gasteiger partial charge on any atom is 0.222 e. The standard InChI is InChI=1S/C11H15ClN4/c12-10-7-15-11(16-8-10)14-6-3-9-1-4-13-5-2-9/h1,7-8,13H,2-6H2,(H,14,15,16). The normalized spacial score (nSPS) is 15.7. The Balaban J connectivity index is 1.75. The van der Waals surface area contributed by atoms with Gasteiger partial charge >= 0.3 is 0 Å². The zero-order valence-corrected chi connectivity index (χ0v) is 9.80. The van der Waals surface area contributed by atoms with Gasteiger partial charge in [0.05, 0.1) is 17.4 Å². The van der Waals surface area contributed by atoms with Crippen molar-refractivity contribution in [1.29, 1.82) is 0 Å². The van der Waals surface area contributed by atoms with E-state index in [-0.39, 0.29) is 0 Å². The van der Waals surface area contributed by atoms with Gasteiger partial charge in [0.25, 0.3) is 0 Å². The maximum atomic E-state index is 5.70. The Labute approximate surface area is 100 Å². The number of nitrogens with one attached hydrogen (secondary N) is 2. The molecular formula is C11H15ClN4. The highest BCUT2D eigenvalue weighted by Crippen LogP contribution is 2.10. The lowest BCUT2D eigenvalue weighted by Crippen LogP contribution is -2.21. The Morgan fingerprint density at radius 1 is 1.38 bits per heavy atom. The van der Waals surface area contributed by atoms with E-state index in [9.17, 15) is 0 Å². The molecule has 0 aliphatic carbocycles. The SMILES string of the molecule is Clc1cnc(NCCC2=CCNCC2)nc1. The fourth-order valence-corrected chi connectivity index (χ4v) is 1.73. The van der Waals surface area contributed by atoms with Gasteiger partial charge in [-0.3, -0.25) is 0 Å². The number of anilines is 1. The van der Waals surface area contributed by atoms with Crippen molar-refractivity contribution in [3.63, 3.8) is 0 Å². The summed E-state index contributed by atoms with van der Waals surface area (Å²) in [5, 5.41) is 7.03. The molecule has 0 spiro atoms. The minimum absolute atomic E-state index is 0.562. The summed E-state index contributed by atoms with van der Waals surface area (Å²) in [5.74, 6) is 0.638. The van der Waals surface area contributed by atoms with Crippen LogP contribution in [0.5, 0.6) is 0 Å². The fraction of sp³-hybridized carbons (Fsp3) is 0.455. The third-order valence-electron chi connectivity index (χ3n) is 2.51. The molecule has 0 fully saturated rings. The minimum atomic E-state index is 0.562. The molecule has 0 bridgehead atoms. The molecule has 0 atom stereocenters. The third-order valence-corrected chi connectivity index (χ3v) is 2.70. The van der Waals surface area contributed by atoms with Crippen LogP contribution in [0.25, 0.3) is 0 Å². The number of halogens is 1. The topological polar surface area (TPSA) is 49.8 Å². The number of hydrogen-bond acceptors (Lipinski definition) is 4. The number of aromatic nitrogens is 2. The van der Waals surface area contributed by atoms with Crippen molar-refractivity contribution >= 4 is 17.5 Å². The van der Waals surface area contributed by atoms with Crippen LogP contribution in [0.3, 0.4) is 0 Å². The van der Waals surface area contributed by atoms with Gasteiger partial charge in [-0.2, -0.15) is 0 Å². The van der Waals surface area contributed by atoms with Gasteiger partial charge in [-0.15, -0.1) is 0 Å².